The second-order valence-corrected chi connectivity index (χ2v) is 6.49. The number of rotatable bonds is 3. The number of nitrogens with zero attached hydrogens (tertiary/aromatic N) is 4. The topological polar surface area (TPSA) is 43.8 Å². The van der Waals surface area contributed by atoms with Crippen LogP contribution in [0.25, 0.3) is 0 Å². The van der Waals surface area contributed by atoms with E-state index in [0.717, 1.165) is 44.5 Å². The van der Waals surface area contributed by atoms with E-state index < -0.39 is 0 Å². The smallest absolute Gasteiger partial charge is 0.194 e. The van der Waals surface area contributed by atoms with Crippen LogP contribution in [0.5, 0.6) is 0 Å². The Bertz CT molecular complexity index is 724. The van der Waals surface area contributed by atoms with Gasteiger partial charge >= 0.3 is 0 Å². The number of guanidine groups is 1. The molecular weight excluding hydrogens is 437 g/mol. The molecule has 0 atom stereocenters. The third-order valence-electron chi connectivity index (χ3n) is 4.70. The fourth-order valence-electron chi connectivity index (χ4n) is 3.24. The van der Waals surface area contributed by atoms with Crippen LogP contribution in [0.15, 0.2) is 47.6 Å². The maximum Gasteiger partial charge on any atom is 0.194 e. The molecule has 0 bridgehead atoms. The molecule has 0 amide bonds. The van der Waals surface area contributed by atoms with Crippen LogP contribution in [0.3, 0.4) is 0 Å². The van der Waals surface area contributed by atoms with Gasteiger partial charge in [0, 0.05) is 46.0 Å². The Morgan fingerprint density at radius 3 is 2.50 bits per heavy atom. The van der Waals surface area contributed by atoms with Gasteiger partial charge in [-0.1, -0.05) is 29.8 Å². The van der Waals surface area contributed by atoms with Crippen LogP contribution in [-0.2, 0) is 6.54 Å². The summed E-state index contributed by atoms with van der Waals surface area (Å²) in [5.74, 6) is 2.03. The molecule has 1 aromatic carbocycles. The number of pyridine rings is 1. The fraction of sp³-hybridized carbons (Fsp3) is 0.400. The largest absolute Gasteiger partial charge is 0.353 e. The van der Waals surface area contributed by atoms with Gasteiger partial charge in [0.2, 0.25) is 0 Å². The van der Waals surface area contributed by atoms with Gasteiger partial charge in [-0.05, 0) is 37.1 Å². The van der Waals surface area contributed by atoms with Crippen molar-refractivity contribution in [3.05, 3.63) is 59.3 Å². The minimum absolute atomic E-state index is 0. The summed E-state index contributed by atoms with van der Waals surface area (Å²) in [6.45, 7) is 8.91. The fourth-order valence-corrected chi connectivity index (χ4v) is 3.24. The molecule has 2 heterocycles. The molecule has 0 radical (unpaired) electrons. The molecule has 1 saturated heterocycles. The zero-order valence-corrected chi connectivity index (χ0v) is 18.1. The molecular formula is C20H28IN5. The molecule has 3 rings (SSSR count). The first-order valence-electron chi connectivity index (χ1n) is 8.85. The molecule has 1 aliphatic heterocycles. The van der Waals surface area contributed by atoms with Crippen LogP contribution >= 0.6 is 24.0 Å². The lowest BCUT2D eigenvalue weighted by Crippen LogP contribution is -2.52. The molecule has 2 aromatic rings. The minimum Gasteiger partial charge on any atom is -0.353 e. The number of hydrogen-bond acceptors (Lipinski definition) is 3. The molecule has 1 N–H and O–H groups in total. The zero-order chi connectivity index (χ0) is 17.6. The van der Waals surface area contributed by atoms with Gasteiger partial charge in [0.15, 0.2) is 5.96 Å². The Balaban J connectivity index is 0.00000243. The van der Waals surface area contributed by atoms with E-state index >= 15 is 0 Å². The highest BCUT2D eigenvalue weighted by Gasteiger charge is 2.20. The van der Waals surface area contributed by atoms with E-state index in [4.69, 9.17) is 0 Å². The highest BCUT2D eigenvalue weighted by atomic mass is 127. The molecule has 6 heteroatoms. The monoisotopic (exact) mass is 465 g/mol. The number of aromatic nitrogens is 1. The Hall–Kier alpha value is -1.83. The Morgan fingerprint density at radius 2 is 1.88 bits per heavy atom. The average Bonchev–Trinajstić information content (AvgIpc) is 2.65. The highest BCUT2D eigenvalue weighted by Crippen LogP contribution is 2.13. The van der Waals surface area contributed by atoms with Crippen LogP contribution in [0.1, 0.15) is 16.7 Å². The van der Waals surface area contributed by atoms with Gasteiger partial charge < -0.3 is 15.1 Å². The van der Waals surface area contributed by atoms with Crippen LogP contribution < -0.4 is 10.2 Å². The minimum atomic E-state index is 0. The van der Waals surface area contributed by atoms with Gasteiger partial charge in [0.1, 0.15) is 5.82 Å². The SMILES string of the molecule is CN=C(NCc1ccc(C)cc1C)N1CCN(c2ccccn2)CC1.I. The first-order valence-corrected chi connectivity index (χ1v) is 8.85. The summed E-state index contributed by atoms with van der Waals surface area (Å²) in [5, 5.41) is 3.51. The number of aryl methyl sites for hydroxylation is 2. The van der Waals surface area contributed by atoms with Gasteiger partial charge in [0.05, 0.1) is 0 Å². The molecule has 1 aliphatic rings. The summed E-state index contributed by atoms with van der Waals surface area (Å²) in [6, 6.07) is 12.7. The van der Waals surface area contributed by atoms with Crippen molar-refractivity contribution in [3.8, 4) is 0 Å². The average molecular weight is 465 g/mol. The number of hydrogen-bond donors (Lipinski definition) is 1. The molecule has 5 nitrogen and oxygen atoms in total. The van der Waals surface area contributed by atoms with Crippen molar-refractivity contribution in [2.24, 2.45) is 4.99 Å². The van der Waals surface area contributed by atoms with E-state index in [0.29, 0.717) is 0 Å². The number of nitrogens with one attached hydrogen (secondary N) is 1. The lowest BCUT2D eigenvalue weighted by Gasteiger charge is -2.37. The van der Waals surface area contributed by atoms with E-state index in [1.807, 2.05) is 25.4 Å². The lowest BCUT2D eigenvalue weighted by atomic mass is 10.1. The molecule has 0 aliphatic carbocycles. The zero-order valence-electron chi connectivity index (χ0n) is 15.8. The number of benzene rings is 1. The number of aliphatic imine (C=N–C) groups is 1. The number of halogens is 1. The Labute approximate surface area is 173 Å². The van der Waals surface area contributed by atoms with Crippen molar-refractivity contribution in [1.29, 1.82) is 0 Å². The van der Waals surface area contributed by atoms with Crippen LogP contribution in [-0.4, -0.2) is 49.1 Å². The molecule has 0 unspecified atom stereocenters. The lowest BCUT2D eigenvalue weighted by molar-refractivity contribution is 0.371. The predicted octanol–water partition coefficient (Wildman–Crippen LogP) is 3.21. The summed E-state index contributed by atoms with van der Waals surface area (Å²) in [7, 11) is 1.86. The summed E-state index contributed by atoms with van der Waals surface area (Å²) in [6.07, 6.45) is 1.85. The van der Waals surface area contributed by atoms with Crippen LogP contribution in [0, 0.1) is 13.8 Å². The normalized spacial score (nSPS) is 14.8. The highest BCUT2D eigenvalue weighted by molar-refractivity contribution is 14.0. The molecule has 1 aromatic heterocycles. The molecule has 140 valence electrons. The van der Waals surface area contributed by atoms with Crippen molar-refractivity contribution in [2.45, 2.75) is 20.4 Å². The van der Waals surface area contributed by atoms with Crippen LogP contribution in [0.2, 0.25) is 0 Å². The van der Waals surface area contributed by atoms with Gasteiger partial charge in [-0.2, -0.15) is 0 Å². The van der Waals surface area contributed by atoms with Crippen molar-refractivity contribution in [2.75, 3.05) is 38.1 Å². The maximum atomic E-state index is 4.47. The Morgan fingerprint density at radius 1 is 1.12 bits per heavy atom. The van der Waals surface area contributed by atoms with E-state index in [-0.39, 0.29) is 24.0 Å². The third kappa shape index (κ3) is 5.09. The van der Waals surface area contributed by atoms with Gasteiger partial charge in [-0.15, -0.1) is 24.0 Å². The van der Waals surface area contributed by atoms with Gasteiger partial charge in [-0.3, -0.25) is 4.99 Å². The summed E-state index contributed by atoms with van der Waals surface area (Å²) in [5.41, 5.74) is 3.94. The second kappa shape index (κ2) is 9.75. The van der Waals surface area contributed by atoms with Crippen molar-refractivity contribution in [3.63, 3.8) is 0 Å². The third-order valence-corrected chi connectivity index (χ3v) is 4.70. The first kappa shape index (κ1) is 20.5. The quantitative estimate of drug-likeness (QED) is 0.430. The summed E-state index contributed by atoms with van der Waals surface area (Å²) < 4.78 is 0. The molecule has 0 spiro atoms. The molecule has 26 heavy (non-hydrogen) atoms. The summed E-state index contributed by atoms with van der Waals surface area (Å²) in [4.78, 5) is 13.6. The van der Waals surface area contributed by atoms with Crippen molar-refractivity contribution >= 4 is 35.8 Å². The second-order valence-electron chi connectivity index (χ2n) is 6.49. The van der Waals surface area contributed by atoms with Gasteiger partial charge in [-0.25, -0.2) is 4.98 Å². The summed E-state index contributed by atoms with van der Waals surface area (Å²) >= 11 is 0. The van der Waals surface area contributed by atoms with Crippen molar-refractivity contribution in [1.82, 2.24) is 15.2 Å². The van der Waals surface area contributed by atoms with Crippen LogP contribution in [0.4, 0.5) is 5.82 Å². The number of anilines is 1. The van der Waals surface area contributed by atoms with E-state index in [1.165, 1.54) is 16.7 Å². The molecule has 0 saturated carbocycles. The first-order chi connectivity index (χ1) is 12.2. The maximum absolute atomic E-state index is 4.47. The standard InChI is InChI=1S/C20H27N5.HI/c1-16-7-8-18(17(2)14-16)15-23-20(21-3)25-12-10-24(11-13-25)19-6-4-5-9-22-19;/h4-9,14H,10-13,15H2,1-3H3,(H,21,23);1H. The van der Waals surface area contributed by atoms with E-state index in [9.17, 15) is 0 Å². The number of piperazine rings is 1. The predicted molar refractivity (Wildman–Crippen MR) is 120 cm³/mol. The Kier molecular flexibility index (Phi) is 7.68. The van der Waals surface area contributed by atoms with Gasteiger partial charge in [0.25, 0.3) is 0 Å². The van der Waals surface area contributed by atoms with Crippen molar-refractivity contribution < 1.29 is 0 Å². The van der Waals surface area contributed by atoms with E-state index in [2.05, 4.69) is 63.2 Å². The molecule has 1 fully saturated rings. The van der Waals surface area contributed by atoms with E-state index in [1.54, 1.807) is 0 Å².